The molecule has 1 unspecified atom stereocenters. The summed E-state index contributed by atoms with van der Waals surface area (Å²) >= 11 is 0. The van der Waals surface area contributed by atoms with Crippen LogP contribution < -0.4 is 4.74 Å². The Hall–Kier alpha value is -2.29. The first-order valence-electron chi connectivity index (χ1n) is 7.33. The highest BCUT2D eigenvalue weighted by Gasteiger charge is 2.49. The Labute approximate surface area is 123 Å². The Kier molecular flexibility index (Phi) is 2.58. The largest absolute Gasteiger partial charge is 0.493 e. The number of aryl methyl sites for hydroxylation is 1. The predicted molar refractivity (Wildman–Crippen MR) is 78.6 cm³/mol. The van der Waals surface area contributed by atoms with Gasteiger partial charge in [-0.15, -0.1) is 0 Å². The van der Waals surface area contributed by atoms with E-state index in [9.17, 15) is 4.79 Å². The highest BCUT2D eigenvalue weighted by molar-refractivity contribution is 5.95. The third-order valence-corrected chi connectivity index (χ3v) is 4.45. The lowest BCUT2D eigenvalue weighted by Crippen LogP contribution is -2.34. The van der Waals surface area contributed by atoms with Gasteiger partial charge in [0, 0.05) is 17.5 Å². The highest BCUT2D eigenvalue weighted by Crippen LogP contribution is 2.49. The van der Waals surface area contributed by atoms with Gasteiger partial charge in [-0.3, -0.25) is 0 Å². The number of fused-ring (bicyclic) bond motifs is 4. The molecular formula is C18H16O3. The van der Waals surface area contributed by atoms with Gasteiger partial charge >= 0.3 is 5.97 Å². The number of benzene rings is 2. The molecule has 0 amide bonds. The Morgan fingerprint density at radius 1 is 1.14 bits per heavy atom. The van der Waals surface area contributed by atoms with Crippen molar-refractivity contribution in [3.05, 3.63) is 64.7 Å². The van der Waals surface area contributed by atoms with Gasteiger partial charge in [0.1, 0.15) is 5.75 Å². The fourth-order valence-corrected chi connectivity index (χ4v) is 3.35. The van der Waals surface area contributed by atoms with Crippen LogP contribution in [0, 0.1) is 0 Å². The van der Waals surface area contributed by atoms with E-state index in [1.807, 2.05) is 30.3 Å². The van der Waals surface area contributed by atoms with Crippen LogP contribution in [0.15, 0.2) is 42.5 Å². The zero-order valence-corrected chi connectivity index (χ0v) is 11.9. The van der Waals surface area contributed by atoms with E-state index in [-0.39, 0.29) is 5.97 Å². The Morgan fingerprint density at radius 3 is 2.86 bits per heavy atom. The first kappa shape index (κ1) is 12.5. The van der Waals surface area contributed by atoms with Gasteiger partial charge in [0.2, 0.25) is 0 Å². The second-order valence-corrected chi connectivity index (χ2v) is 5.54. The molecule has 0 aliphatic carbocycles. The average Bonchev–Trinajstić information content (AvgIpc) is 2.81. The molecule has 0 fully saturated rings. The SMILES string of the molecule is CCc1ccc2c(c1)OCCC21OC(=O)c2ccccc21. The van der Waals surface area contributed by atoms with Gasteiger partial charge < -0.3 is 9.47 Å². The molecule has 2 aliphatic heterocycles. The topological polar surface area (TPSA) is 35.5 Å². The maximum Gasteiger partial charge on any atom is 0.339 e. The van der Waals surface area contributed by atoms with Crippen LogP contribution in [0.5, 0.6) is 5.75 Å². The lowest BCUT2D eigenvalue weighted by Gasteiger charge is -2.35. The van der Waals surface area contributed by atoms with E-state index in [0.29, 0.717) is 18.6 Å². The Morgan fingerprint density at radius 2 is 2.00 bits per heavy atom. The van der Waals surface area contributed by atoms with E-state index in [4.69, 9.17) is 9.47 Å². The van der Waals surface area contributed by atoms with E-state index in [1.54, 1.807) is 0 Å². The van der Waals surface area contributed by atoms with Gasteiger partial charge in [-0.1, -0.05) is 37.3 Å². The smallest absolute Gasteiger partial charge is 0.339 e. The summed E-state index contributed by atoms with van der Waals surface area (Å²) in [6.45, 7) is 2.67. The quantitative estimate of drug-likeness (QED) is 0.751. The Balaban J connectivity index is 1.95. The van der Waals surface area contributed by atoms with Crippen molar-refractivity contribution in [2.24, 2.45) is 0 Å². The van der Waals surface area contributed by atoms with Crippen molar-refractivity contribution in [2.75, 3.05) is 6.61 Å². The molecule has 2 aromatic carbocycles. The summed E-state index contributed by atoms with van der Waals surface area (Å²) in [6.07, 6.45) is 1.62. The van der Waals surface area contributed by atoms with Crippen LogP contribution in [-0.4, -0.2) is 12.6 Å². The Bertz CT molecular complexity index is 735. The van der Waals surface area contributed by atoms with Gasteiger partial charge in [-0.05, 0) is 24.1 Å². The van der Waals surface area contributed by atoms with Gasteiger partial charge in [0.05, 0.1) is 12.2 Å². The number of esters is 1. The van der Waals surface area contributed by atoms with Crippen molar-refractivity contribution in [3.8, 4) is 5.75 Å². The van der Waals surface area contributed by atoms with Crippen LogP contribution >= 0.6 is 0 Å². The van der Waals surface area contributed by atoms with Crippen LogP contribution in [0.1, 0.15) is 40.4 Å². The summed E-state index contributed by atoms with van der Waals surface area (Å²) in [4.78, 5) is 12.2. The molecular weight excluding hydrogens is 264 g/mol. The molecule has 1 atom stereocenters. The van der Waals surface area contributed by atoms with E-state index >= 15 is 0 Å². The van der Waals surface area contributed by atoms with Gasteiger partial charge in [-0.25, -0.2) is 4.79 Å². The minimum absolute atomic E-state index is 0.238. The molecule has 0 radical (unpaired) electrons. The molecule has 0 bridgehead atoms. The van der Waals surface area contributed by atoms with E-state index in [0.717, 1.165) is 23.3 Å². The maximum absolute atomic E-state index is 12.2. The summed E-state index contributed by atoms with van der Waals surface area (Å²) in [5.41, 5.74) is 3.15. The number of hydrogen-bond acceptors (Lipinski definition) is 3. The van der Waals surface area contributed by atoms with Crippen LogP contribution in [0.3, 0.4) is 0 Å². The fraction of sp³-hybridized carbons (Fsp3) is 0.278. The van der Waals surface area contributed by atoms with Gasteiger partial charge in [0.15, 0.2) is 5.60 Å². The summed E-state index contributed by atoms with van der Waals surface area (Å²) in [5, 5.41) is 0. The summed E-state index contributed by atoms with van der Waals surface area (Å²) in [6, 6.07) is 13.8. The summed E-state index contributed by atoms with van der Waals surface area (Å²) in [5.74, 6) is 0.600. The predicted octanol–water partition coefficient (Wildman–Crippen LogP) is 3.45. The average molecular weight is 280 g/mol. The third-order valence-electron chi connectivity index (χ3n) is 4.45. The van der Waals surface area contributed by atoms with Crippen molar-refractivity contribution in [1.82, 2.24) is 0 Å². The second-order valence-electron chi connectivity index (χ2n) is 5.54. The van der Waals surface area contributed by atoms with E-state index < -0.39 is 5.60 Å². The minimum Gasteiger partial charge on any atom is -0.493 e. The van der Waals surface area contributed by atoms with Crippen LogP contribution in [0.25, 0.3) is 0 Å². The van der Waals surface area contributed by atoms with Crippen molar-refractivity contribution in [1.29, 1.82) is 0 Å². The number of rotatable bonds is 1. The lowest BCUT2D eigenvalue weighted by atomic mass is 9.81. The molecule has 3 heteroatoms. The number of carbonyl (C=O) groups is 1. The maximum atomic E-state index is 12.2. The number of carbonyl (C=O) groups excluding carboxylic acids is 1. The molecule has 0 N–H and O–H groups in total. The molecule has 0 saturated heterocycles. The molecule has 0 saturated carbocycles. The third kappa shape index (κ3) is 1.63. The van der Waals surface area contributed by atoms with Crippen molar-refractivity contribution in [2.45, 2.75) is 25.4 Å². The molecule has 3 nitrogen and oxygen atoms in total. The monoisotopic (exact) mass is 280 g/mol. The first-order valence-corrected chi connectivity index (χ1v) is 7.33. The molecule has 2 aromatic rings. The van der Waals surface area contributed by atoms with Crippen molar-refractivity contribution in [3.63, 3.8) is 0 Å². The normalized spacial score (nSPS) is 22.4. The standard InChI is InChI=1S/C18H16O3/c1-2-12-7-8-15-16(11-12)20-10-9-18(15)14-6-4-3-5-13(14)17(19)21-18/h3-8,11H,2,9-10H2,1H3. The van der Waals surface area contributed by atoms with Gasteiger partial charge in [0.25, 0.3) is 0 Å². The van der Waals surface area contributed by atoms with Crippen LogP contribution in [-0.2, 0) is 16.8 Å². The van der Waals surface area contributed by atoms with E-state index in [1.165, 1.54) is 5.56 Å². The van der Waals surface area contributed by atoms with Crippen LogP contribution in [0.4, 0.5) is 0 Å². The summed E-state index contributed by atoms with van der Waals surface area (Å²) in [7, 11) is 0. The number of ether oxygens (including phenoxy) is 2. The van der Waals surface area contributed by atoms with Gasteiger partial charge in [-0.2, -0.15) is 0 Å². The fourth-order valence-electron chi connectivity index (χ4n) is 3.35. The zero-order valence-electron chi connectivity index (χ0n) is 11.9. The molecule has 2 heterocycles. The molecule has 21 heavy (non-hydrogen) atoms. The minimum atomic E-state index is -0.673. The zero-order chi connectivity index (χ0) is 14.4. The second kappa shape index (κ2) is 4.35. The number of hydrogen-bond donors (Lipinski definition) is 0. The highest BCUT2D eigenvalue weighted by atomic mass is 16.6. The molecule has 0 aromatic heterocycles. The summed E-state index contributed by atoms with van der Waals surface area (Å²) < 4.78 is 11.7. The molecule has 106 valence electrons. The van der Waals surface area contributed by atoms with Crippen molar-refractivity contribution < 1.29 is 14.3 Å². The first-order chi connectivity index (χ1) is 10.2. The molecule has 2 aliphatic rings. The lowest BCUT2D eigenvalue weighted by molar-refractivity contribution is -0.00612. The van der Waals surface area contributed by atoms with Crippen molar-refractivity contribution >= 4 is 5.97 Å². The van der Waals surface area contributed by atoms with E-state index in [2.05, 4.69) is 19.1 Å². The molecule has 1 spiro atoms. The van der Waals surface area contributed by atoms with Crippen LogP contribution in [0.2, 0.25) is 0 Å². The molecule has 4 rings (SSSR count).